The molecule has 0 saturated heterocycles. The van der Waals surface area contributed by atoms with Gasteiger partial charge in [-0.3, -0.25) is 0 Å². The third kappa shape index (κ3) is 5.56. The monoisotopic (exact) mass is 558 g/mol. The Bertz CT molecular complexity index is 1440. The van der Waals surface area contributed by atoms with Crippen LogP contribution < -0.4 is 5.32 Å². The van der Waals surface area contributed by atoms with Gasteiger partial charge in [0.25, 0.3) is 0 Å². The summed E-state index contributed by atoms with van der Waals surface area (Å²) in [6.45, 7) is 0. The van der Waals surface area contributed by atoms with E-state index in [9.17, 15) is 21.9 Å². The van der Waals surface area contributed by atoms with E-state index in [1.54, 1.807) is 24.3 Å². The summed E-state index contributed by atoms with van der Waals surface area (Å²) < 4.78 is 48.1. The van der Waals surface area contributed by atoms with Crippen LogP contribution in [0.5, 0.6) is 5.75 Å². The quantitative estimate of drug-likeness (QED) is 0.327. The summed E-state index contributed by atoms with van der Waals surface area (Å²) in [6, 6.07) is 13.2. The molecule has 10 nitrogen and oxygen atoms in total. The van der Waals surface area contributed by atoms with Crippen molar-refractivity contribution in [2.24, 2.45) is 20.5 Å². The van der Waals surface area contributed by atoms with Crippen molar-refractivity contribution in [2.45, 2.75) is 4.90 Å². The topological polar surface area (TPSA) is 150 Å². The van der Waals surface area contributed by atoms with Crippen LogP contribution in [0.4, 0.5) is 22.7 Å². The first-order chi connectivity index (χ1) is 15.0. The van der Waals surface area contributed by atoms with E-state index in [4.69, 9.17) is 0 Å². The molecule has 3 aromatic rings. The van der Waals surface area contributed by atoms with Gasteiger partial charge in [-0.25, -0.2) is 0 Å². The van der Waals surface area contributed by atoms with Gasteiger partial charge >= 0.3 is 196 Å². The Morgan fingerprint density at radius 3 is 2.22 bits per heavy atom. The summed E-state index contributed by atoms with van der Waals surface area (Å²) in [7, 11) is -5.81. The molecule has 13 heteroatoms. The molecule has 0 bridgehead atoms. The number of benzene rings is 3. The van der Waals surface area contributed by atoms with Crippen LogP contribution in [0.2, 0.25) is 0 Å². The Balaban J connectivity index is 2.35. The first kappa shape index (κ1) is 24.0. The maximum absolute atomic E-state index is 12.4. The van der Waals surface area contributed by atoms with Crippen molar-refractivity contribution in [3.8, 4) is 5.75 Å². The molecule has 0 fully saturated rings. The third-order valence-electron chi connectivity index (χ3n) is 4.22. The summed E-state index contributed by atoms with van der Waals surface area (Å²) in [4.78, 5) is -0.241. The van der Waals surface area contributed by atoms with E-state index in [0.29, 0.717) is 11.4 Å². The molecule has 167 valence electrons. The zero-order valence-electron chi connectivity index (χ0n) is 16.9. The van der Waals surface area contributed by atoms with Gasteiger partial charge in [-0.2, -0.15) is 0 Å². The molecular weight excluding hydrogens is 538 g/mol. The van der Waals surface area contributed by atoms with Gasteiger partial charge in [0, 0.05) is 0 Å². The van der Waals surface area contributed by atoms with Gasteiger partial charge in [0.05, 0.1) is 0 Å². The molecule has 0 aliphatic rings. The summed E-state index contributed by atoms with van der Waals surface area (Å²) in [5, 5.41) is 29.9. The predicted molar refractivity (Wildman–Crippen MR) is 117 cm³/mol. The molecule has 0 amide bonds. The van der Waals surface area contributed by atoms with Crippen LogP contribution in [-0.4, -0.2) is 41.1 Å². The van der Waals surface area contributed by atoms with Gasteiger partial charge in [-0.15, -0.1) is 0 Å². The minimum absolute atomic E-state index is 0.163. The van der Waals surface area contributed by atoms with Gasteiger partial charge in [-0.1, -0.05) is 0 Å². The Morgan fingerprint density at radius 2 is 1.62 bits per heavy atom. The van der Waals surface area contributed by atoms with Crippen LogP contribution in [0.25, 0.3) is 10.8 Å². The molecule has 2 N–H and O–H groups in total. The normalized spacial score (nSPS) is 12.7. The van der Waals surface area contributed by atoms with E-state index in [1.165, 1.54) is 25.2 Å². The van der Waals surface area contributed by atoms with Crippen molar-refractivity contribution in [2.75, 3.05) is 24.5 Å². The van der Waals surface area contributed by atoms with E-state index in [0.717, 1.165) is 24.8 Å². The van der Waals surface area contributed by atoms with E-state index in [2.05, 4.69) is 25.8 Å². The molecule has 0 aromatic heterocycles. The van der Waals surface area contributed by atoms with Gasteiger partial charge < -0.3 is 0 Å². The minimum atomic E-state index is -3.79. The van der Waals surface area contributed by atoms with Crippen LogP contribution in [-0.2, 0) is 35.9 Å². The first-order valence-corrected chi connectivity index (χ1v) is 14.9. The maximum atomic E-state index is 12.4. The Hall–Kier alpha value is -2.69. The molecule has 0 unspecified atom stereocenters. The standard InChI is InChI=1S/C19H18N5O5S2.Mo/c1-20-23-18-16(30(26)27)10-14-13(19(18)25)8-9-15(21-11-31(2,28)29)17(14)24-22-12-6-4-3-5-7-12;/h3-10,21,25H,11H2,1-2H3;/b23-20+,24-22+;. The van der Waals surface area contributed by atoms with Crippen molar-refractivity contribution < 1.29 is 40.5 Å². The molecular formula is C19H18MoN5O5S2. The van der Waals surface area contributed by atoms with Gasteiger partial charge in [0.15, 0.2) is 0 Å². The predicted octanol–water partition coefficient (Wildman–Crippen LogP) is 4.32. The van der Waals surface area contributed by atoms with Crippen molar-refractivity contribution in [1.82, 2.24) is 0 Å². The van der Waals surface area contributed by atoms with Gasteiger partial charge in [-0.05, 0) is 0 Å². The number of fused-ring (bicyclic) bond motifs is 1. The fraction of sp³-hybridized carbons (Fsp3) is 0.158. The molecule has 0 aliphatic heterocycles. The molecule has 3 aromatic carbocycles. The fourth-order valence-corrected chi connectivity index (χ4v) is 4.84. The average Bonchev–Trinajstić information content (AvgIpc) is 2.72. The number of sulfone groups is 1. The Labute approximate surface area is 194 Å². The van der Waals surface area contributed by atoms with E-state index >= 15 is 0 Å². The first-order valence-electron chi connectivity index (χ1n) is 8.98. The number of nitrogens with one attached hydrogen (secondary N) is 1. The number of rotatable bonds is 7. The number of phenols is 1. The zero-order chi connectivity index (χ0) is 23.5. The number of anilines is 1. The number of aromatic hydroxyl groups is 1. The third-order valence-corrected chi connectivity index (χ3v) is 7.06. The van der Waals surface area contributed by atoms with E-state index in [1.807, 2.05) is 6.07 Å². The van der Waals surface area contributed by atoms with Crippen LogP contribution in [0.15, 0.2) is 73.9 Å². The van der Waals surface area contributed by atoms with Gasteiger partial charge in [0.2, 0.25) is 0 Å². The SMILES string of the molecule is C/N=N/c1c([S](=O)(=O)[Mo])cc2c(/N=N/c3ccccc3)c(NCS(C)(=O)=O)ccc2c1O. The summed E-state index contributed by atoms with van der Waals surface area (Å²) in [5.74, 6) is -0.763. The number of azo groups is 2. The van der Waals surface area contributed by atoms with Gasteiger partial charge in [0.1, 0.15) is 0 Å². The number of hydrogen-bond acceptors (Lipinski definition) is 10. The van der Waals surface area contributed by atoms with E-state index < -0.39 is 17.4 Å². The molecule has 0 heterocycles. The van der Waals surface area contributed by atoms with Crippen LogP contribution in [0.1, 0.15) is 0 Å². The van der Waals surface area contributed by atoms with Crippen molar-refractivity contribution in [1.29, 1.82) is 0 Å². The molecule has 0 saturated carbocycles. The second kappa shape index (κ2) is 9.43. The Kier molecular flexibility index (Phi) is 7.06. The molecule has 0 spiro atoms. The number of nitrogens with zero attached hydrogens (tertiary/aromatic N) is 4. The summed E-state index contributed by atoms with van der Waals surface area (Å²) >= 11 is 0.898. The molecule has 0 radical (unpaired) electrons. The van der Waals surface area contributed by atoms with E-state index in [-0.39, 0.29) is 38.7 Å². The van der Waals surface area contributed by atoms with Crippen LogP contribution in [0.3, 0.4) is 0 Å². The van der Waals surface area contributed by atoms with Crippen molar-refractivity contribution in [3.05, 3.63) is 48.5 Å². The number of phenolic OH excluding ortho intramolecular Hbond substituents is 1. The number of hydrogen-bond donors (Lipinski definition) is 2. The molecule has 3 rings (SSSR count). The average molecular weight is 556 g/mol. The zero-order valence-corrected chi connectivity index (χ0v) is 20.6. The van der Waals surface area contributed by atoms with Crippen molar-refractivity contribution >= 4 is 50.9 Å². The second-order valence-corrected chi connectivity index (χ2v) is 13.4. The molecule has 32 heavy (non-hydrogen) atoms. The molecule has 0 atom stereocenters. The fourth-order valence-electron chi connectivity index (χ4n) is 2.85. The molecule has 0 aliphatic carbocycles. The second-order valence-electron chi connectivity index (χ2n) is 6.67. The van der Waals surface area contributed by atoms with Crippen molar-refractivity contribution in [3.63, 3.8) is 0 Å². The van der Waals surface area contributed by atoms with Crippen LogP contribution in [0, 0.1) is 0 Å². The van der Waals surface area contributed by atoms with Crippen LogP contribution >= 0.6 is 0 Å². The summed E-state index contributed by atoms with van der Waals surface area (Å²) in [5.41, 5.74) is 0.805. The Morgan fingerprint density at radius 1 is 0.938 bits per heavy atom. The summed E-state index contributed by atoms with van der Waals surface area (Å²) in [6.07, 6.45) is 1.07.